The van der Waals surface area contributed by atoms with E-state index < -0.39 is 0 Å². The summed E-state index contributed by atoms with van der Waals surface area (Å²) in [6.45, 7) is 4.33. The molecule has 0 spiro atoms. The molecular weight excluding hydrogens is 338 g/mol. The molecule has 5 fully saturated rings. The van der Waals surface area contributed by atoms with Gasteiger partial charge in [0.15, 0.2) is 0 Å². The van der Waals surface area contributed by atoms with E-state index in [-0.39, 0.29) is 18.1 Å². The minimum absolute atomic E-state index is 0.107. The largest absolute Gasteiger partial charge is 0.366 e. The summed E-state index contributed by atoms with van der Waals surface area (Å²) in [5.74, 6) is 3.39. The fourth-order valence-electron chi connectivity index (χ4n) is 6.43. The van der Waals surface area contributed by atoms with Gasteiger partial charge in [0.2, 0.25) is 0 Å². The Labute approximate surface area is 161 Å². The molecule has 2 heterocycles. The minimum atomic E-state index is -0.352. The van der Waals surface area contributed by atoms with Crippen molar-refractivity contribution < 1.29 is 9.53 Å². The van der Waals surface area contributed by atoms with Gasteiger partial charge in [-0.05, 0) is 74.3 Å². The van der Waals surface area contributed by atoms with Crippen LogP contribution >= 0.6 is 0 Å². The third kappa shape index (κ3) is 3.40. The molecule has 1 aliphatic heterocycles. The molecular formula is C22H31N3O2. The van der Waals surface area contributed by atoms with Crippen molar-refractivity contribution in [2.75, 3.05) is 19.7 Å². The molecule has 27 heavy (non-hydrogen) atoms. The predicted octanol–water partition coefficient (Wildman–Crippen LogP) is 2.78. The van der Waals surface area contributed by atoms with Gasteiger partial charge < -0.3 is 10.1 Å². The molecule has 4 saturated carbocycles. The molecule has 0 radical (unpaired) electrons. The standard InChI is InChI=1S/C22H31N3O2/c1-14(17-3-2-4-23-12-17)25-5-6-27-20(13-25)22(26)24-21-18-8-15-7-16(10-18)11-19(21)9-15/h2-4,12,14-16,18-21H,5-11,13H2,1H3,(H,24,26). The van der Waals surface area contributed by atoms with Crippen LogP contribution in [0.15, 0.2) is 24.5 Å². The smallest absolute Gasteiger partial charge is 0.250 e. The maximum Gasteiger partial charge on any atom is 0.250 e. The average Bonchev–Trinajstić information content (AvgIpc) is 2.70. The van der Waals surface area contributed by atoms with Crippen molar-refractivity contribution in [3.05, 3.63) is 30.1 Å². The number of ether oxygens (including phenoxy) is 1. The van der Waals surface area contributed by atoms with Crippen molar-refractivity contribution in [2.24, 2.45) is 23.7 Å². The van der Waals surface area contributed by atoms with Gasteiger partial charge in [-0.1, -0.05) is 6.07 Å². The number of pyridine rings is 1. The normalized spacial score (nSPS) is 39.3. The number of hydrogen-bond acceptors (Lipinski definition) is 4. The molecule has 5 aliphatic rings. The van der Waals surface area contributed by atoms with Gasteiger partial charge in [0.25, 0.3) is 5.91 Å². The Kier molecular flexibility index (Phi) is 4.68. The molecule has 5 nitrogen and oxygen atoms in total. The first-order chi connectivity index (χ1) is 13.2. The monoisotopic (exact) mass is 369 g/mol. The summed E-state index contributed by atoms with van der Waals surface area (Å²) in [6.07, 6.45) is 10.1. The van der Waals surface area contributed by atoms with E-state index in [0.717, 1.165) is 18.4 Å². The number of hydrogen-bond donors (Lipinski definition) is 1. The van der Waals surface area contributed by atoms with E-state index in [1.807, 2.05) is 12.3 Å². The Morgan fingerprint density at radius 3 is 2.63 bits per heavy atom. The summed E-state index contributed by atoms with van der Waals surface area (Å²) in [5.41, 5.74) is 1.19. The molecule has 1 aromatic rings. The van der Waals surface area contributed by atoms with E-state index in [4.69, 9.17) is 4.74 Å². The van der Waals surface area contributed by atoms with Crippen LogP contribution in [0.5, 0.6) is 0 Å². The number of nitrogens with one attached hydrogen (secondary N) is 1. The lowest BCUT2D eigenvalue weighted by Gasteiger charge is -2.54. The van der Waals surface area contributed by atoms with Gasteiger partial charge in [-0.3, -0.25) is 14.7 Å². The summed E-state index contributed by atoms with van der Waals surface area (Å²) in [6, 6.07) is 4.72. The fourth-order valence-corrected chi connectivity index (χ4v) is 6.43. The maximum atomic E-state index is 13.0. The first-order valence-corrected chi connectivity index (χ1v) is 10.7. The molecule has 6 rings (SSSR count). The van der Waals surface area contributed by atoms with Crippen LogP contribution in [0.25, 0.3) is 0 Å². The van der Waals surface area contributed by atoms with Crippen LogP contribution in [0.4, 0.5) is 0 Å². The third-order valence-corrected chi connectivity index (χ3v) is 7.64. The fraction of sp³-hybridized carbons (Fsp3) is 0.727. The number of morpholine rings is 1. The Balaban J connectivity index is 1.22. The molecule has 0 aromatic carbocycles. The van der Waals surface area contributed by atoms with E-state index >= 15 is 0 Å². The second-order valence-electron chi connectivity index (χ2n) is 9.28. The quantitative estimate of drug-likeness (QED) is 0.887. The molecule has 1 N–H and O–H groups in total. The van der Waals surface area contributed by atoms with Gasteiger partial charge in [-0.15, -0.1) is 0 Å². The van der Waals surface area contributed by atoms with Crippen molar-refractivity contribution in [1.82, 2.24) is 15.2 Å². The maximum absolute atomic E-state index is 13.0. The van der Waals surface area contributed by atoms with Gasteiger partial charge in [0.05, 0.1) is 6.61 Å². The van der Waals surface area contributed by atoms with E-state index in [9.17, 15) is 4.79 Å². The first kappa shape index (κ1) is 17.6. The zero-order valence-electron chi connectivity index (χ0n) is 16.2. The predicted molar refractivity (Wildman–Crippen MR) is 103 cm³/mol. The third-order valence-electron chi connectivity index (χ3n) is 7.64. The molecule has 1 amide bonds. The summed E-state index contributed by atoms with van der Waals surface area (Å²) >= 11 is 0. The van der Waals surface area contributed by atoms with Crippen LogP contribution in [-0.2, 0) is 9.53 Å². The zero-order valence-corrected chi connectivity index (χ0v) is 16.2. The second kappa shape index (κ2) is 7.17. The summed E-state index contributed by atoms with van der Waals surface area (Å²) in [7, 11) is 0. The van der Waals surface area contributed by atoms with Gasteiger partial charge in [0, 0.05) is 37.6 Å². The number of aromatic nitrogens is 1. The van der Waals surface area contributed by atoms with E-state index in [2.05, 4.69) is 28.2 Å². The van der Waals surface area contributed by atoms with Crippen LogP contribution in [0.3, 0.4) is 0 Å². The molecule has 1 aromatic heterocycles. The number of carbonyl (C=O) groups excluding carboxylic acids is 1. The Morgan fingerprint density at radius 1 is 1.22 bits per heavy atom. The highest BCUT2D eigenvalue weighted by Crippen LogP contribution is 2.53. The van der Waals surface area contributed by atoms with Gasteiger partial charge >= 0.3 is 0 Å². The summed E-state index contributed by atoms with van der Waals surface area (Å²) in [4.78, 5) is 19.6. The highest BCUT2D eigenvalue weighted by molar-refractivity contribution is 5.81. The van der Waals surface area contributed by atoms with Crippen molar-refractivity contribution in [2.45, 2.75) is 57.2 Å². The van der Waals surface area contributed by atoms with Crippen molar-refractivity contribution >= 4 is 5.91 Å². The van der Waals surface area contributed by atoms with Crippen molar-refractivity contribution in [3.63, 3.8) is 0 Å². The molecule has 146 valence electrons. The molecule has 4 aliphatic carbocycles. The van der Waals surface area contributed by atoms with E-state index in [0.29, 0.717) is 31.0 Å². The minimum Gasteiger partial charge on any atom is -0.366 e. The number of carbonyl (C=O) groups is 1. The van der Waals surface area contributed by atoms with Crippen LogP contribution in [0, 0.1) is 23.7 Å². The Morgan fingerprint density at radius 2 is 1.96 bits per heavy atom. The van der Waals surface area contributed by atoms with Crippen LogP contribution in [0.2, 0.25) is 0 Å². The van der Waals surface area contributed by atoms with Crippen molar-refractivity contribution in [3.8, 4) is 0 Å². The van der Waals surface area contributed by atoms with Crippen molar-refractivity contribution in [1.29, 1.82) is 0 Å². The van der Waals surface area contributed by atoms with Crippen LogP contribution in [-0.4, -0.2) is 47.6 Å². The number of nitrogens with zero attached hydrogens (tertiary/aromatic N) is 2. The highest BCUT2D eigenvalue weighted by Gasteiger charge is 2.49. The Bertz CT molecular complexity index is 651. The van der Waals surface area contributed by atoms with Crippen LogP contribution < -0.4 is 5.32 Å². The molecule has 1 saturated heterocycles. The number of rotatable bonds is 4. The summed E-state index contributed by atoms with van der Waals surface area (Å²) in [5, 5.41) is 3.43. The lowest BCUT2D eigenvalue weighted by Crippen LogP contribution is -2.59. The second-order valence-corrected chi connectivity index (χ2v) is 9.28. The lowest BCUT2D eigenvalue weighted by atomic mass is 9.54. The van der Waals surface area contributed by atoms with Gasteiger partial charge in [-0.25, -0.2) is 0 Å². The first-order valence-electron chi connectivity index (χ1n) is 10.7. The zero-order chi connectivity index (χ0) is 18.4. The molecule has 5 heteroatoms. The Hall–Kier alpha value is -1.46. The van der Waals surface area contributed by atoms with E-state index in [1.54, 1.807) is 6.20 Å². The number of amides is 1. The molecule has 4 bridgehead atoms. The van der Waals surface area contributed by atoms with Gasteiger partial charge in [0.1, 0.15) is 6.10 Å². The molecule has 2 unspecified atom stereocenters. The highest BCUT2D eigenvalue weighted by atomic mass is 16.5. The topological polar surface area (TPSA) is 54.5 Å². The average molecular weight is 370 g/mol. The van der Waals surface area contributed by atoms with Gasteiger partial charge in [-0.2, -0.15) is 0 Å². The molecule has 2 atom stereocenters. The summed E-state index contributed by atoms with van der Waals surface area (Å²) < 4.78 is 5.88. The SMILES string of the molecule is CC(c1cccnc1)N1CCOC(C(=O)NC2C3CC4CC(C3)CC2C4)C1. The lowest BCUT2D eigenvalue weighted by molar-refractivity contribution is -0.143. The van der Waals surface area contributed by atoms with Crippen LogP contribution in [0.1, 0.15) is 50.6 Å². The van der Waals surface area contributed by atoms with E-state index in [1.165, 1.54) is 37.7 Å².